The van der Waals surface area contributed by atoms with E-state index >= 15 is 0 Å². The second kappa shape index (κ2) is 4.66. The molecule has 0 radical (unpaired) electrons. The number of rotatable bonds is 2. The first-order chi connectivity index (χ1) is 7.65. The second-order valence-electron chi connectivity index (χ2n) is 3.92. The molecule has 0 bridgehead atoms. The van der Waals surface area contributed by atoms with Crippen LogP contribution in [0.4, 0.5) is 26.7 Å². The number of likely N-dealkylation sites (tertiary alicyclic amines) is 1. The van der Waals surface area contributed by atoms with E-state index in [1.54, 1.807) is 0 Å². The first-order valence-corrected chi connectivity index (χ1v) is 5.02. The summed E-state index contributed by atoms with van der Waals surface area (Å²) in [6.45, 7) is -1.39. The maximum absolute atomic E-state index is 13.2. The highest BCUT2D eigenvalue weighted by atomic mass is 19.4. The van der Waals surface area contributed by atoms with Crippen molar-refractivity contribution in [2.75, 3.05) is 19.7 Å². The summed E-state index contributed by atoms with van der Waals surface area (Å²) in [7, 11) is 0. The summed E-state index contributed by atoms with van der Waals surface area (Å²) < 4.78 is 65.6. The number of amides is 1. The van der Waals surface area contributed by atoms with Gasteiger partial charge in [-0.1, -0.05) is 6.92 Å². The van der Waals surface area contributed by atoms with E-state index in [4.69, 9.17) is 0 Å². The zero-order valence-electron chi connectivity index (χ0n) is 9.06. The largest absolute Gasteiger partial charge is 0.440 e. The molecule has 1 fully saturated rings. The summed E-state index contributed by atoms with van der Waals surface area (Å²) in [6, 6.07) is 0. The molecule has 8 heteroatoms. The Morgan fingerprint density at radius 2 is 2.06 bits per heavy atom. The monoisotopic (exact) mass is 261 g/mol. The molecule has 1 aliphatic heterocycles. The molecule has 1 atom stereocenters. The first kappa shape index (κ1) is 14.0. The van der Waals surface area contributed by atoms with Crippen molar-refractivity contribution >= 4 is 6.09 Å². The van der Waals surface area contributed by atoms with E-state index in [1.165, 1.54) is 6.92 Å². The number of ether oxygens (including phenoxy) is 1. The summed E-state index contributed by atoms with van der Waals surface area (Å²) in [6.07, 6.45) is -5.85. The highest BCUT2D eigenvalue weighted by Crippen LogP contribution is 2.35. The van der Waals surface area contributed by atoms with E-state index in [0.29, 0.717) is 4.90 Å². The molecule has 100 valence electrons. The van der Waals surface area contributed by atoms with Crippen LogP contribution in [0.15, 0.2) is 0 Å². The third kappa shape index (κ3) is 3.71. The minimum atomic E-state index is -4.65. The van der Waals surface area contributed by atoms with E-state index in [0.717, 1.165) is 0 Å². The topological polar surface area (TPSA) is 29.5 Å². The van der Waals surface area contributed by atoms with Crippen LogP contribution < -0.4 is 0 Å². The van der Waals surface area contributed by atoms with E-state index in [-0.39, 0.29) is 13.0 Å². The van der Waals surface area contributed by atoms with Crippen LogP contribution in [0.1, 0.15) is 13.3 Å². The van der Waals surface area contributed by atoms with Crippen LogP contribution >= 0.6 is 0 Å². The fourth-order valence-electron chi connectivity index (χ4n) is 1.65. The Morgan fingerprint density at radius 1 is 1.47 bits per heavy atom. The van der Waals surface area contributed by atoms with Crippen LogP contribution in [0, 0.1) is 5.92 Å². The zero-order valence-corrected chi connectivity index (χ0v) is 9.06. The van der Waals surface area contributed by atoms with Gasteiger partial charge in [-0.15, -0.1) is 0 Å². The number of carbonyl (C=O) groups is 1. The van der Waals surface area contributed by atoms with Gasteiger partial charge in [-0.25, -0.2) is 13.6 Å². The van der Waals surface area contributed by atoms with Crippen LogP contribution in [0.2, 0.25) is 0 Å². The molecule has 0 aliphatic carbocycles. The van der Waals surface area contributed by atoms with Crippen LogP contribution in [0.3, 0.4) is 0 Å². The quantitative estimate of drug-likeness (QED) is 0.715. The van der Waals surface area contributed by atoms with Crippen molar-refractivity contribution in [3.05, 3.63) is 0 Å². The van der Waals surface area contributed by atoms with Gasteiger partial charge in [-0.3, -0.25) is 0 Å². The Bertz CT molecular complexity index is 292. The van der Waals surface area contributed by atoms with Gasteiger partial charge < -0.3 is 9.64 Å². The lowest BCUT2D eigenvalue weighted by atomic mass is 10.0. The van der Waals surface area contributed by atoms with Gasteiger partial charge in [-0.05, 0) is 6.42 Å². The van der Waals surface area contributed by atoms with Gasteiger partial charge in [0.1, 0.15) is 0 Å². The Balaban J connectivity index is 2.50. The van der Waals surface area contributed by atoms with Crippen molar-refractivity contribution in [3.63, 3.8) is 0 Å². The van der Waals surface area contributed by atoms with Gasteiger partial charge in [0.2, 0.25) is 0 Å². The molecule has 0 saturated carbocycles. The maximum atomic E-state index is 13.2. The molecule has 0 aromatic heterocycles. The van der Waals surface area contributed by atoms with Gasteiger partial charge in [0, 0.05) is 12.5 Å². The number of halogens is 5. The Kier molecular flexibility index (Phi) is 3.83. The van der Waals surface area contributed by atoms with Crippen molar-refractivity contribution in [1.82, 2.24) is 4.90 Å². The highest BCUT2D eigenvalue weighted by molar-refractivity contribution is 5.68. The molecular weight excluding hydrogens is 249 g/mol. The van der Waals surface area contributed by atoms with Crippen molar-refractivity contribution in [2.24, 2.45) is 5.92 Å². The molecule has 0 N–H and O–H groups in total. The predicted molar refractivity (Wildman–Crippen MR) is 47.7 cm³/mol. The van der Waals surface area contributed by atoms with Gasteiger partial charge in [0.25, 0.3) is 5.92 Å². The average Bonchev–Trinajstić information content (AvgIpc) is 2.48. The third-order valence-electron chi connectivity index (χ3n) is 2.55. The number of hydrogen-bond donors (Lipinski definition) is 0. The minimum absolute atomic E-state index is 0.149. The highest BCUT2D eigenvalue weighted by Gasteiger charge is 2.49. The Labute approximate surface area is 94.5 Å². The molecule has 1 rings (SSSR count). The number of alkyl halides is 5. The summed E-state index contributed by atoms with van der Waals surface area (Å²) >= 11 is 0. The minimum Gasteiger partial charge on any atom is -0.440 e. The molecule has 1 aliphatic rings. The summed E-state index contributed by atoms with van der Waals surface area (Å²) in [5, 5.41) is 0. The lowest BCUT2D eigenvalue weighted by molar-refractivity contribution is -0.162. The van der Waals surface area contributed by atoms with Gasteiger partial charge in [0.05, 0.1) is 6.54 Å². The standard InChI is InChI=1S/C9H12F5NO2/c1-2-6-3-15(4-8(6,10)11)7(16)17-5-9(12,13)14/h6H,2-5H2,1H3. The SMILES string of the molecule is CCC1CN(C(=O)OCC(F)(F)F)CC1(F)F. The fourth-order valence-corrected chi connectivity index (χ4v) is 1.65. The van der Waals surface area contributed by atoms with E-state index in [2.05, 4.69) is 4.74 Å². The molecule has 3 nitrogen and oxygen atoms in total. The maximum Gasteiger partial charge on any atom is 0.422 e. The second-order valence-corrected chi connectivity index (χ2v) is 3.92. The molecule has 1 heterocycles. The Morgan fingerprint density at radius 3 is 2.47 bits per heavy atom. The van der Waals surface area contributed by atoms with Crippen LogP contribution in [0.25, 0.3) is 0 Å². The van der Waals surface area contributed by atoms with Crippen molar-refractivity contribution in [2.45, 2.75) is 25.4 Å². The lowest BCUT2D eigenvalue weighted by Gasteiger charge is -2.16. The number of carbonyl (C=O) groups excluding carboxylic acids is 1. The molecule has 17 heavy (non-hydrogen) atoms. The average molecular weight is 261 g/mol. The van der Waals surface area contributed by atoms with Crippen LogP contribution in [-0.4, -0.2) is 42.8 Å². The van der Waals surface area contributed by atoms with Crippen molar-refractivity contribution < 1.29 is 31.5 Å². The van der Waals surface area contributed by atoms with E-state index < -0.39 is 37.3 Å². The fraction of sp³-hybridized carbons (Fsp3) is 0.889. The van der Waals surface area contributed by atoms with Gasteiger partial charge in [-0.2, -0.15) is 13.2 Å². The number of hydrogen-bond acceptors (Lipinski definition) is 2. The smallest absolute Gasteiger partial charge is 0.422 e. The lowest BCUT2D eigenvalue weighted by Crippen LogP contribution is -2.34. The van der Waals surface area contributed by atoms with E-state index in [1.807, 2.05) is 0 Å². The Hall–Kier alpha value is -1.08. The normalized spacial score (nSPS) is 23.9. The molecule has 0 aromatic carbocycles. The predicted octanol–water partition coefficient (Wildman–Crippen LogP) is 2.66. The summed E-state index contributed by atoms with van der Waals surface area (Å²) in [4.78, 5) is 11.7. The third-order valence-corrected chi connectivity index (χ3v) is 2.55. The molecule has 1 unspecified atom stereocenters. The first-order valence-electron chi connectivity index (χ1n) is 5.02. The summed E-state index contributed by atoms with van der Waals surface area (Å²) in [5.74, 6) is -4.09. The van der Waals surface area contributed by atoms with Crippen molar-refractivity contribution in [1.29, 1.82) is 0 Å². The zero-order chi connectivity index (χ0) is 13.3. The molecular formula is C9H12F5NO2. The van der Waals surface area contributed by atoms with Crippen LogP contribution in [-0.2, 0) is 4.74 Å². The molecule has 0 spiro atoms. The van der Waals surface area contributed by atoms with Gasteiger partial charge >= 0.3 is 12.3 Å². The van der Waals surface area contributed by atoms with E-state index in [9.17, 15) is 26.7 Å². The van der Waals surface area contributed by atoms with Crippen molar-refractivity contribution in [3.8, 4) is 0 Å². The molecule has 0 aromatic rings. The molecule has 1 saturated heterocycles. The summed E-state index contributed by atoms with van der Waals surface area (Å²) in [5.41, 5.74) is 0. The molecule has 1 amide bonds. The number of nitrogens with zero attached hydrogens (tertiary/aromatic N) is 1. The van der Waals surface area contributed by atoms with Crippen LogP contribution in [0.5, 0.6) is 0 Å². The van der Waals surface area contributed by atoms with Gasteiger partial charge in [0.15, 0.2) is 6.61 Å².